The summed E-state index contributed by atoms with van der Waals surface area (Å²) in [5.74, 6) is 0.273. The molecule has 0 radical (unpaired) electrons. The van der Waals surface area contributed by atoms with Crippen molar-refractivity contribution in [2.75, 3.05) is 13.1 Å². The molecule has 0 aromatic carbocycles. The Hall–Kier alpha value is -1.72. The van der Waals surface area contributed by atoms with Crippen LogP contribution in [-0.4, -0.2) is 39.8 Å². The highest BCUT2D eigenvalue weighted by Crippen LogP contribution is 2.32. The molecule has 0 aliphatic carbocycles. The number of pyridine rings is 1. The van der Waals surface area contributed by atoms with Crippen LogP contribution in [0.25, 0.3) is 0 Å². The van der Waals surface area contributed by atoms with Gasteiger partial charge in [0.25, 0.3) is 5.91 Å². The van der Waals surface area contributed by atoms with Crippen LogP contribution in [0.4, 0.5) is 0 Å². The Morgan fingerprint density at radius 1 is 1.25 bits per heavy atom. The van der Waals surface area contributed by atoms with E-state index in [1.54, 1.807) is 11.3 Å². The van der Waals surface area contributed by atoms with Gasteiger partial charge in [0.05, 0.1) is 11.3 Å². The third-order valence-electron chi connectivity index (χ3n) is 6.30. The lowest BCUT2D eigenvalue weighted by molar-refractivity contribution is 0.0606. The number of rotatable bonds is 5. The lowest BCUT2D eigenvalue weighted by Crippen LogP contribution is -2.43. The summed E-state index contributed by atoms with van der Waals surface area (Å²) in [5, 5.41) is 2.12. The number of carbonyl (C=O) groups excluding carboxylic acids is 1. The van der Waals surface area contributed by atoms with E-state index in [1.165, 1.54) is 22.4 Å². The molecular formula is C23H31N3OS. The number of nitrogens with zero attached hydrogens (tertiary/aromatic N) is 3. The minimum absolute atomic E-state index is 0.273. The number of thiophene rings is 1. The summed E-state index contributed by atoms with van der Waals surface area (Å²) in [5.41, 5.74) is 4.70. The van der Waals surface area contributed by atoms with E-state index in [-0.39, 0.29) is 5.91 Å². The molecule has 2 aliphatic rings. The molecule has 1 amide bonds. The molecule has 2 aromatic rings. The van der Waals surface area contributed by atoms with Gasteiger partial charge in [-0.2, -0.15) is 0 Å². The molecule has 2 aliphatic heterocycles. The van der Waals surface area contributed by atoms with Crippen LogP contribution in [0.1, 0.15) is 71.6 Å². The molecule has 28 heavy (non-hydrogen) atoms. The Morgan fingerprint density at radius 2 is 2.14 bits per heavy atom. The lowest BCUT2D eigenvalue weighted by Gasteiger charge is -2.35. The fourth-order valence-electron chi connectivity index (χ4n) is 4.53. The van der Waals surface area contributed by atoms with Crippen LogP contribution in [-0.2, 0) is 25.9 Å². The number of amides is 1. The third kappa shape index (κ3) is 4.01. The first-order valence-corrected chi connectivity index (χ1v) is 11.6. The van der Waals surface area contributed by atoms with Crippen LogP contribution in [0.2, 0.25) is 0 Å². The topological polar surface area (TPSA) is 36.4 Å². The molecule has 1 atom stereocenters. The summed E-state index contributed by atoms with van der Waals surface area (Å²) < 4.78 is 0. The third-order valence-corrected chi connectivity index (χ3v) is 7.31. The van der Waals surface area contributed by atoms with Crippen LogP contribution in [0.5, 0.6) is 0 Å². The quantitative estimate of drug-likeness (QED) is 0.736. The highest BCUT2D eigenvalue weighted by molar-refractivity contribution is 7.10. The Balaban J connectivity index is 1.44. The Morgan fingerprint density at radius 3 is 2.89 bits per heavy atom. The van der Waals surface area contributed by atoms with Crippen molar-refractivity contribution in [1.29, 1.82) is 0 Å². The van der Waals surface area contributed by atoms with Crippen LogP contribution >= 0.6 is 11.3 Å². The van der Waals surface area contributed by atoms with Gasteiger partial charge in [-0.05, 0) is 55.7 Å². The Bertz CT molecular complexity index is 814. The largest absolute Gasteiger partial charge is 0.336 e. The summed E-state index contributed by atoms with van der Waals surface area (Å²) in [6, 6.07) is 4.76. The number of piperidine rings is 1. The van der Waals surface area contributed by atoms with Gasteiger partial charge in [0, 0.05) is 48.7 Å². The van der Waals surface area contributed by atoms with Crippen molar-refractivity contribution in [2.45, 2.75) is 71.5 Å². The van der Waals surface area contributed by atoms with Crippen molar-refractivity contribution in [2.24, 2.45) is 0 Å². The first-order valence-electron chi connectivity index (χ1n) is 10.8. The van der Waals surface area contributed by atoms with E-state index in [2.05, 4.69) is 46.1 Å². The molecule has 1 unspecified atom stereocenters. The molecule has 2 aromatic heterocycles. The molecular weight excluding hydrogens is 366 g/mol. The van der Waals surface area contributed by atoms with E-state index >= 15 is 0 Å². The minimum Gasteiger partial charge on any atom is -0.336 e. The number of aryl methyl sites for hydroxylation is 1. The van der Waals surface area contributed by atoms with E-state index < -0.39 is 0 Å². The van der Waals surface area contributed by atoms with E-state index in [4.69, 9.17) is 0 Å². The summed E-state index contributed by atoms with van der Waals surface area (Å²) in [6.07, 6.45) is 8.62. The van der Waals surface area contributed by atoms with Gasteiger partial charge in [0.2, 0.25) is 0 Å². The monoisotopic (exact) mass is 397 g/mol. The fraction of sp³-hybridized carbons (Fsp3) is 0.565. The number of fused-ring (bicyclic) bond motifs is 1. The van der Waals surface area contributed by atoms with E-state index in [1.807, 2.05) is 6.20 Å². The average Bonchev–Trinajstić information content (AvgIpc) is 3.17. The molecule has 0 N–H and O–H groups in total. The van der Waals surface area contributed by atoms with Gasteiger partial charge in [-0.1, -0.05) is 19.9 Å². The van der Waals surface area contributed by atoms with E-state index in [0.717, 1.165) is 69.5 Å². The van der Waals surface area contributed by atoms with Crippen molar-refractivity contribution in [1.82, 2.24) is 14.8 Å². The molecule has 0 saturated carbocycles. The van der Waals surface area contributed by atoms with Gasteiger partial charge in [0.1, 0.15) is 0 Å². The molecule has 0 spiro atoms. The zero-order valence-corrected chi connectivity index (χ0v) is 17.9. The molecule has 150 valence electrons. The average molecular weight is 398 g/mol. The van der Waals surface area contributed by atoms with Crippen molar-refractivity contribution in [3.63, 3.8) is 0 Å². The number of aromatic nitrogens is 1. The fourth-order valence-corrected chi connectivity index (χ4v) is 5.64. The number of hydrogen-bond acceptors (Lipinski definition) is 4. The van der Waals surface area contributed by atoms with Crippen molar-refractivity contribution in [3.8, 4) is 0 Å². The summed E-state index contributed by atoms with van der Waals surface area (Å²) in [6.45, 7) is 8.10. The predicted molar refractivity (Wildman–Crippen MR) is 115 cm³/mol. The smallest absolute Gasteiger partial charge is 0.255 e. The lowest BCUT2D eigenvalue weighted by atomic mass is 9.97. The second-order valence-corrected chi connectivity index (χ2v) is 9.04. The van der Waals surface area contributed by atoms with E-state index in [9.17, 15) is 4.79 Å². The van der Waals surface area contributed by atoms with Crippen LogP contribution < -0.4 is 0 Å². The zero-order valence-electron chi connectivity index (χ0n) is 17.1. The van der Waals surface area contributed by atoms with Gasteiger partial charge in [-0.3, -0.25) is 14.7 Å². The van der Waals surface area contributed by atoms with E-state index in [0.29, 0.717) is 6.04 Å². The van der Waals surface area contributed by atoms with Gasteiger partial charge in [0.15, 0.2) is 0 Å². The van der Waals surface area contributed by atoms with Gasteiger partial charge >= 0.3 is 0 Å². The maximum atomic E-state index is 13.2. The molecule has 4 rings (SSSR count). The Labute approximate surface area is 172 Å². The molecule has 0 bridgehead atoms. The summed E-state index contributed by atoms with van der Waals surface area (Å²) >= 11 is 1.76. The Kier molecular flexibility index (Phi) is 6.12. The number of hydrogen-bond donors (Lipinski definition) is 0. The second kappa shape index (κ2) is 8.75. The van der Waals surface area contributed by atoms with Crippen LogP contribution in [0.3, 0.4) is 0 Å². The number of carbonyl (C=O) groups is 1. The maximum Gasteiger partial charge on any atom is 0.255 e. The van der Waals surface area contributed by atoms with Crippen LogP contribution in [0, 0.1) is 0 Å². The molecule has 5 heteroatoms. The number of likely N-dealkylation sites (tertiary alicyclic amines) is 1. The van der Waals surface area contributed by atoms with Crippen molar-refractivity contribution < 1.29 is 4.79 Å². The SMILES string of the molecule is CCc1ccc(CN2CCc3c(C(=O)N4CCCCC4CC)csc3C2)nc1. The second-order valence-electron chi connectivity index (χ2n) is 8.08. The van der Waals surface area contributed by atoms with Crippen molar-refractivity contribution >= 4 is 17.2 Å². The van der Waals surface area contributed by atoms with Gasteiger partial charge < -0.3 is 4.90 Å². The normalized spacial score (nSPS) is 20.2. The molecule has 1 fully saturated rings. The molecule has 4 nitrogen and oxygen atoms in total. The van der Waals surface area contributed by atoms with Gasteiger partial charge in [-0.25, -0.2) is 0 Å². The van der Waals surface area contributed by atoms with Crippen molar-refractivity contribution in [3.05, 3.63) is 51.0 Å². The summed E-state index contributed by atoms with van der Waals surface area (Å²) in [7, 11) is 0. The maximum absolute atomic E-state index is 13.2. The first kappa shape index (κ1) is 19.6. The van der Waals surface area contributed by atoms with Gasteiger partial charge in [-0.15, -0.1) is 11.3 Å². The standard InChI is InChI=1S/C23H31N3OS/c1-3-17-8-9-18(24-13-17)14-25-12-10-20-21(16-28-22(20)15-25)23(27)26-11-6-5-7-19(26)4-2/h8-9,13,16,19H,3-7,10-12,14-15H2,1-2H3. The van der Waals surface area contributed by atoms with Crippen LogP contribution in [0.15, 0.2) is 23.7 Å². The highest BCUT2D eigenvalue weighted by Gasteiger charge is 2.30. The predicted octanol–water partition coefficient (Wildman–Crippen LogP) is 4.67. The molecule has 1 saturated heterocycles. The summed E-state index contributed by atoms with van der Waals surface area (Å²) in [4.78, 5) is 23.8. The zero-order chi connectivity index (χ0) is 19.5. The highest BCUT2D eigenvalue weighted by atomic mass is 32.1. The molecule has 4 heterocycles. The minimum atomic E-state index is 0.273. The first-order chi connectivity index (χ1) is 13.7.